The van der Waals surface area contributed by atoms with Crippen molar-refractivity contribution in [1.82, 2.24) is 5.32 Å². The van der Waals surface area contributed by atoms with E-state index in [0.29, 0.717) is 54.7 Å². The van der Waals surface area contributed by atoms with Crippen LogP contribution in [0.1, 0.15) is 56.8 Å². The zero-order chi connectivity index (χ0) is 28.7. The van der Waals surface area contributed by atoms with Gasteiger partial charge in [-0.15, -0.1) is 0 Å². The van der Waals surface area contributed by atoms with E-state index in [-0.39, 0.29) is 18.8 Å². The van der Waals surface area contributed by atoms with Crippen molar-refractivity contribution in [2.24, 2.45) is 0 Å². The first-order valence-electron chi connectivity index (χ1n) is 13.5. The van der Waals surface area contributed by atoms with Crippen LogP contribution in [-0.2, 0) is 18.9 Å². The average Bonchev–Trinajstić information content (AvgIpc) is 2.99. The van der Waals surface area contributed by atoms with Gasteiger partial charge in [-0.2, -0.15) is 0 Å². The number of amides is 3. The number of ether oxygens (including phenoxy) is 4. The molecule has 1 saturated heterocycles. The molecule has 0 radical (unpaired) electrons. The number of para-hydroxylation sites is 1. The third-order valence-electron chi connectivity index (χ3n) is 6.31. The minimum atomic E-state index is -0.891. The van der Waals surface area contributed by atoms with Gasteiger partial charge in [0.2, 0.25) is 0 Å². The van der Waals surface area contributed by atoms with Crippen molar-refractivity contribution in [2.75, 3.05) is 42.7 Å². The summed E-state index contributed by atoms with van der Waals surface area (Å²) in [5.41, 5.74) is 1.96. The lowest BCUT2D eigenvalue weighted by Gasteiger charge is -2.28. The molecule has 2 aliphatic rings. The molecule has 0 bridgehead atoms. The Kier molecular flexibility index (Phi) is 9.89. The minimum Gasteiger partial charge on any atom is -0.449 e. The minimum absolute atomic E-state index is 0.0378. The molecule has 2 heterocycles. The normalized spacial score (nSPS) is 17.0. The van der Waals surface area contributed by atoms with Crippen LogP contribution in [0.4, 0.5) is 26.7 Å². The number of carbonyl (C=O) groups excluding carboxylic acids is 3. The van der Waals surface area contributed by atoms with Gasteiger partial charge in [-0.1, -0.05) is 23.7 Å². The number of fused-ring (bicyclic) bond motifs is 2. The molecule has 40 heavy (non-hydrogen) atoms. The molecule has 2 aliphatic heterocycles. The van der Waals surface area contributed by atoms with E-state index in [1.54, 1.807) is 37.8 Å². The third kappa shape index (κ3) is 7.87. The van der Waals surface area contributed by atoms with Crippen molar-refractivity contribution in [2.45, 2.75) is 58.3 Å². The highest BCUT2D eigenvalue weighted by Gasteiger charge is 2.31. The first-order chi connectivity index (χ1) is 19.1. The molecule has 216 valence electrons. The topological polar surface area (TPSA) is 107 Å². The molecule has 1 N–H and O–H groups in total. The molecule has 0 aliphatic carbocycles. The van der Waals surface area contributed by atoms with Crippen LogP contribution in [0.15, 0.2) is 42.5 Å². The van der Waals surface area contributed by atoms with E-state index in [2.05, 4.69) is 5.32 Å². The van der Waals surface area contributed by atoms with Crippen LogP contribution in [0.3, 0.4) is 0 Å². The Morgan fingerprint density at radius 2 is 1.80 bits per heavy atom. The zero-order valence-corrected chi connectivity index (χ0v) is 23.9. The number of nitrogens with one attached hydrogen (secondary N) is 1. The Hall–Kier alpha value is -3.34. The fourth-order valence-electron chi connectivity index (χ4n) is 4.61. The summed E-state index contributed by atoms with van der Waals surface area (Å²) in [7, 11) is 0. The zero-order valence-electron chi connectivity index (χ0n) is 23.1. The summed E-state index contributed by atoms with van der Waals surface area (Å²) in [6.07, 6.45) is 1.33. The lowest BCUT2D eigenvalue weighted by Crippen LogP contribution is -2.36. The number of benzene rings is 2. The second-order valence-corrected chi connectivity index (χ2v) is 11.0. The number of rotatable bonds is 8. The lowest BCUT2D eigenvalue weighted by molar-refractivity contribution is -0.160. The van der Waals surface area contributed by atoms with Crippen LogP contribution in [-0.4, -0.2) is 62.9 Å². The van der Waals surface area contributed by atoms with E-state index in [1.807, 2.05) is 35.2 Å². The maximum atomic E-state index is 13.8. The van der Waals surface area contributed by atoms with Crippen LogP contribution in [0.5, 0.6) is 0 Å². The summed E-state index contributed by atoms with van der Waals surface area (Å²) in [6.45, 7) is 6.89. The number of alkyl carbamates (subject to hydrolysis) is 2. The van der Waals surface area contributed by atoms with Crippen molar-refractivity contribution in [3.63, 3.8) is 0 Å². The standard InChI is InChI=1S/C29H36ClN3O7/c1-29(2,3)40-28(36)31-27(35)39-17-8-14-32-22-10-5-4-9-21(22)26(34)33(23-13-12-20(30)19-24(23)32)15-18-38-25-11-6-7-16-37-25/h4-5,9-10,12-13,19,25H,6-8,11,14-18H2,1-3H3,(H,31,35,36). The number of nitrogens with zero attached hydrogens (tertiary/aromatic N) is 2. The van der Waals surface area contributed by atoms with E-state index in [0.717, 1.165) is 24.9 Å². The summed E-state index contributed by atoms with van der Waals surface area (Å²) in [4.78, 5) is 41.4. The molecule has 0 saturated carbocycles. The summed E-state index contributed by atoms with van der Waals surface area (Å²) in [5, 5.41) is 2.58. The highest BCUT2D eigenvalue weighted by Crippen LogP contribution is 2.42. The second-order valence-electron chi connectivity index (χ2n) is 10.5. The van der Waals surface area contributed by atoms with Gasteiger partial charge >= 0.3 is 12.2 Å². The maximum Gasteiger partial charge on any atom is 0.417 e. The Bertz CT molecular complexity index is 1210. The van der Waals surface area contributed by atoms with Crippen molar-refractivity contribution >= 4 is 46.8 Å². The van der Waals surface area contributed by atoms with Gasteiger partial charge in [0, 0.05) is 24.7 Å². The van der Waals surface area contributed by atoms with Crippen LogP contribution in [0.2, 0.25) is 5.02 Å². The molecule has 3 amide bonds. The number of anilines is 3. The smallest absolute Gasteiger partial charge is 0.417 e. The van der Waals surface area contributed by atoms with Crippen LogP contribution in [0, 0.1) is 0 Å². The van der Waals surface area contributed by atoms with E-state index >= 15 is 0 Å². The summed E-state index contributed by atoms with van der Waals surface area (Å²) >= 11 is 6.42. The van der Waals surface area contributed by atoms with Crippen LogP contribution in [0.25, 0.3) is 0 Å². The predicted molar refractivity (Wildman–Crippen MR) is 151 cm³/mol. The summed E-state index contributed by atoms with van der Waals surface area (Å²) < 4.78 is 21.9. The van der Waals surface area contributed by atoms with Gasteiger partial charge in [-0.05, 0) is 76.8 Å². The molecule has 10 nitrogen and oxygen atoms in total. The van der Waals surface area contributed by atoms with E-state index in [4.69, 9.17) is 30.5 Å². The van der Waals surface area contributed by atoms with Crippen LogP contribution >= 0.6 is 11.6 Å². The van der Waals surface area contributed by atoms with Crippen molar-refractivity contribution in [1.29, 1.82) is 0 Å². The number of imide groups is 1. The summed E-state index contributed by atoms with van der Waals surface area (Å²) in [6, 6.07) is 12.8. The number of hydrogen-bond donors (Lipinski definition) is 1. The van der Waals surface area contributed by atoms with E-state index in [1.165, 1.54) is 0 Å². The molecule has 0 spiro atoms. The van der Waals surface area contributed by atoms with Gasteiger partial charge in [0.1, 0.15) is 5.60 Å². The molecule has 11 heteroatoms. The van der Waals surface area contributed by atoms with Gasteiger partial charge in [0.05, 0.1) is 35.8 Å². The molecule has 2 aromatic carbocycles. The van der Waals surface area contributed by atoms with Crippen LogP contribution < -0.4 is 15.1 Å². The predicted octanol–water partition coefficient (Wildman–Crippen LogP) is 6.03. The second kappa shape index (κ2) is 13.3. The molecule has 1 unspecified atom stereocenters. The Morgan fingerprint density at radius 3 is 2.55 bits per heavy atom. The summed E-state index contributed by atoms with van der Waals surface area (Å²) in [5.74, 6) is -0.150. The van der Waals surface area contributed by atoms with Gasteiger partial charge in [0.15, 0.2) is 6.29 Å². The highest BCUT2D eigenvalue weighted by atomic mass is 35.5. The van der Waals surface area contributed by atoms with E-state index < -0.39 is 17.8 Å². The van der Waals surface area contributed by atoms with Gasteiger partial charge < -0.3 is 28.7 Å². The van der Waals surface area contributed by atoms with Crippen molar-refractivity contribution in [3.8, 4) is 0 Å². The maximum absolute atomic E-state index is 13.8. The van der Waals surface area contributed by atoms with Gasteiger partial charge in [-0.25, -0.2) is 14.9 Å². The molecular weight excluding hydrogens is 538 g/mol. The quantitative estimate of drug-likeness (QED) is 0.381. The van der Waals surface area contributed by atoms with Gasteiger partial charge in [-0.3, -0.25) is 4.79 Å². The largest absolute Gasteiger partial charge is 0.449 e. The molecule has 1 atom stereocenters. The molecular formula is C29H36ClN3O7. The fraction of sp³-hybridized carbons (Fsp3) is 0.483. The molecule has 1 fully saturated rings. The van der Waals surface area contributed by atoms with Crippen molar-refractivity contribution < 1.29 is 33.3 Å². The lowest BCUT2D eigenvalue weighted by atomic mass is 10.1. The molecule has 2 aromatic rings. The molecule has 0 aromatic heterocycles. The van der Waals surface area contributed by atoms with E-state index in [9.17, 15) is 14.4 Å². The van der Waals surface area contributed by atoms with Crippen molar-refractivity contribution in [3.05, 3.63) is 53.1 Å². The number of hydrogen-bond acceptors (Lipinski definition) is 8. The Morgan fingerprint density at radius 1 is 1.00 bits per heavy atom. The van der Waals surface area contributed by atoms with Gasteiger partial charge in [0.25, 0.3) is 5.91 Å². The number of halogens is 1. The average molecular weight is 574 g/mol. The number of carbonyl (C=O) groups is 3. The first-order valence-corrected chi connectivity index (χ1v) is 13.9. The highest BCUT2D eigenvalue weighted by molar-refractivity contribution is 6.31. The Balaban J connectivity index is 1.47. The molecule has 4 rings (SSSR count). The monoisotopic (exact) mass is 573 g/mol. The third-order valence-corrected chi connectivity index (χ3v) is 6.54. The Labute approximate surface area is 239 Å². The SMILES string of the molecule is CC(C)(C)OC(=O)NC(=O)OCCCN1c2ccccc2C(=O)N(CCOC2CCCCO2)c2ccc(Cl)cc21. The first kappa shape index (κ1) is 29.6. The fourth-order valence-corrected chi connectivity index (χ4v) is 4.77.